The number of fused-ring (bicyclic) bond motifs is 1. The lowest BCUT2D eigenvalue weighted by atomic mass is 9.98. The number of halogens is 1. The fourth-order valence-corrected chi connectivity index (χ4v) is 3.51. The molecule has 25 heavy (non-hydrogen) atoms. The molecule has 2 aromatic carbocycles. The highest BCUT2D eigenvalue weighted by atomic mass is 35.5. The molecule has 4 nitrogen and oxygen atoms in total. The van der Waals surface area contributed by atoms with E-state index in [2.05, 4.69) is 27.8 Å². The van der Waals surface area contributed by atoms with E-state index in [0.29, 0.717) is 16.8 Å². The van der Waals surface area contributed by atoms with Crippen LogP contribution in [0.4, 0.5) is 5.69 Å². The van der Waals surface area contributed by atoms with E-state index in [1.165, 1.54) is 5.56 Å². The van der Waals surface area contributed by atoms with Crippen LogP contribution in [-0.2, 0) is 0 Å². The molecule has 1 aliphatic rings. The number of aromatic nitrogens is 1. The molecule has 0 saturated carbocycles. The first-order chi connectivity index (χ1) is 12.2. The quantitative estimate of drug-likeness (QED) is 0.695. The van der Waals surface area contributed by atoms with Crippen LogP contribution in [0.3, 0.4) is 0 Å². The second-order valence-electron chi connectivity index (χ2n) is 6.29. The van der Waals surface area contributed by atoms with Gasteiger partial charge in [-0.25, -0.2) is 4.98 Å². The van der Waals surface area contributed by atoms with E-state index < -0.39 is 0 Å². The van der Waals surface area contributed by atoms with E-state index in [-0.39, 0.29) is 5.91 Å². The molecule has 1 saturated heterocycles. The predicted octanol–water partition coefficient (Wildman–Crippen LogP) is 4.22. The second-order valence-corrected chi connectivity index (χ2v) is 6.64. The number of amides is 1. The summed E-state index contributed by atoms with van der Waals surface area (Å²) >= 11 is 6.21. The van der Waals surface area contributed by atoms with Crippen molar-refractivity contribution in [2.24, 2.45) is 0 Å². The molecule has 2 heterocycles. The van der Waals surface area contributed by atoms with Crippen LogP contribution in [-0.4, -0.2) is 24.0 Å². The van der Waals surface area contributed by atoms with Crippen molar-refractivity contribution in [2.75, 3.05) is 18.4 Å². The third-order valence-corrected chi connectivity index (χ3v) is 4.91. The molecule has 3 aromatic rings. The standard InChI is InChI=1S/C20H18ClN3O/c21-19-17-4-2-1-3-14(17)11-18(24-19)20(25)23-16-7-5-13(6-8-16)15-9-10-22-12-15/h1-8,11,15,22H,9-10,12H2,(H,23,25)/t15-/m0/s1. The van der Waals surface area contributed by atoms with Gasteiger partial charge < -0.3 is 10.6 Å². The summed E-state index contributed by atoms with van der Waals surface area (Å²) in [5.41, 5.74) is 2.37. The lowest BCUT2D eigenvalue weighted by Crippen LogP contribution is -2.14. The number of hydrogen-bond acceptors (Lipinski definition) is 3. The Morgan fingerprint density at radius 2 is 1.96 bits per heavy atom. The Hall–Kier alpha value is -2.43. The van der Waals surface area contributed by atoms with E-state index in [0.717, 1.165) is 36.0 Å². The summed E-state index contributed by atoms with van der Waals surface area (Å²) in [5, 5.41) is 8.34. The Morgan fingerprint density at radius 3 is 2.72 bits per heavy atom. The molecule has 0 unspecified atom stereocenters. The SMILES string of the molecule is O=C(Nc1ccc([C@H]2CCNC2)cc1)c1cc2ccccc2c(Cl)n1. The Bertz CT molecular complexity index is 918. The molecule has 0 aliphatic carbocycles. The highest BCUT2D eigenvalue weighted by Gasteiger charge is 2.16. The third-order valence-electron chi connectivity index (χ3n) is 4.63. The van der Waals surface area contributed by atoms with Crippen LogP contribution < -0.4 is 10.6 Å². The lowest BCUT2D eigenvalue weighted by Gasteiger charge is -2.11. The predicted molar refractivity (Wildman–Crippen MR) is 101 cm³/mol. The molecule has 0 spiro atoms. The van der Waals surface area contributed by atoms with E-state index in [1.807, 2.05) is 36.4 Å². The maximum atomic E-state index is 12.5. The van der Waals surface area contributed by atoms with Crippen molar-refractivity contribution in [3.63, 3.8) is 0 Å². The summed E-state index contributed by atoms with van der Waals surface area (Å²) < 4.78 is 0. The lowest BCUT2D eigenvalue weighted by molar-refractivity contribution is 0.102. The number of pyridine rings is 1. The van der Waals surface area contributed by atoms with Gasteiger partial charge in [0.2, 0.25) is 0 Å². The van der Waals surface area contributed by atoms with Crippen LogP contribution in [0, 0.1) is 0 Å². The summed E-state index contributed by atoms with van der Waals surface area (Å²) in [6.07, 6.45) is 1.16. The van der Waals surface area contributed by atoms with Gasteiger partial charge in [0.05, 0.1) is 0 Å². The smallest absolute Gasteiger partial charge is 0.274 e. The van der Waals surface area contributed by atoms with Gasteiger partial charge in [-0.2, -0.15) is 0 Å². The minimum Gasteiger partial charge on any atom is -0.321 e. The average molecular weight is 352 g/mol. The molecular formula is C20H18ClN3O. The fraction of sp³-hybridized carbons (Fsp3) is 0.200. The first-order valence-electron chi connectivity index (χ1n) is 8.38. The summed E-state index contributed by atoms with van der Waals surface area (Å²) in [7, 11) is 0. The number of carbonyl (C=O) groups excluding carboxylic acids is 1. The Balaban J connectivity index is 1.53. The number of benzene rings is 2. The third kappa shape index (κ3) is 3.36. The van der Waals surface area contributed by atoms with E-state index in [9.17, 15) is 4.79 Å². The molecule has 1 amide bonds. The molecule has 4 rings (SSSR count). The van der Waals surface area contributed by atoms with Crippen molar-refractivity contribution in [1.29, 1.82) is 0 Å². The Labute approximate surface area is 151 Å². The van der Waals surface area contributed by atoms with Crippen LogP contribution in [0.5, 0.6) is 0 Å². The minimum absolute atomic E-state index is 0.261. The molecule has 0 radical (unpaired) electrons. The largest absolute Gasteiger partial charge is 0.321 e. The fourth-order valence-electron chi connectivity index (χ4n) is 3.25. The number of nitrogens with zero attached hydrogens (tertiary/aromatic N) is 1. The molecule has 1 aromatic heterocycles. The molecule has 1 atom stereocenters. The number of rotatable bonds is 3. The molecule has 2 N–H and O–H groups in total. The Morgan fingerprint density at radius 1 is 1.16 bits per heavy atom. The van der Waals surface area contributed by atoms with E-state index in [4.69, 9.17) is 11.6 Å². The molecule has 5 heteroatoms. The zero-order chi connectivity index (χ0) is 17.2. The molecule has 1 fully saturated rings. The maximum Gasteiger partial charge on any atom is 0.274 e. The van der Waals surface area contributed by atoms with Crippen molar-refractivity contribution in [1.82, 2.24) is 10.3 Å². The average Bonchev–Trinajstić information content (AvgIpc) is 3.17. The summed E-state index contributed by atoms with van der Waals surface area (Å²) in [4.78, 5) is 16.7. The van der Waals surface area contributed by atoms with Crippen molar-refractivity contribution in [2.45, 2.75) is 12.3 Å². The minimum atomic E-state index is -0.261. The van der Waals surface area contributed by atoms with Gasteiger partial charge in [-0.15, -0.1) is 0 Å². The van der Waals surface area contributed by atoms with Gasteiger partial charge in [-0.3, -0.25) is 4.79 Å². The second kappa shape index (κ2) is 6.82. The number of anilines is 1. The van der Waals surface area contributed by atoms with E-state index in [1.54, 1.807) is 6.07 Å². The van der Waals surface area contributed by atoms with Gasteiger partial charge in [0.1, 0.15) is 10.8 Å². The van der Waals surface area contributed by atoms with Gasteiger partial charge in [0.25, 0.3) is 5.91 Å². The number of nitrogens with one attached hydrogen (secondary N) is 2. The summed E-state index contributed by atoms with van der Waals surface area (Å²) in [5.74, 6) is 0.300. The number of hydrogen-bond donors (Lipinski definition) is 2. The van der Waals surface area contributed by atoms with Crippen LogP contribution in [0.2, 0.25) is 5.15 Å². The number of carbonyl (C=O) groups is 1. The van der Waals surface area contributed by atoms with Crippen molar-refractivity contribution >= 4 is 34.0 Å². The highest BCUT2D eigenvalue weighted by molar-refractivity contribution is 6.34. The van der Waals surface area contributed by atoms with Gasteiger partial charge in [-0.1, -0.05) is 48.0 Å². The molecular weight excluding hydrogens is 334 g/mol. The van der Waals surface area contributed by atoms with Crippen molar-refractivity contribution < 1.29 is 4.79 Å². The van der Waals surface area contributed by atoms with Crippen LogP contribution in [0.1, 0.15) is 28.4 Å². The van der Waals surface area contributed by atoms with Gasteiger partial charge in [-0.05, 0) is 48.0 Å². The van der Waals surface area contributed by atoms with Crippen LogP contribution in [0.25, 0.3) is 10.8 Å². The zero-order valence-corrected chi connectivity index (χ0v) is 14.4. The van der Waals surface area contributed by atoms with Gasteiger partial charge in [0.15, 0.2) is 0 Å². The van der Waals surface area contributed by atoms with Crippen molar-refractivity contribution in [3.05, 3.63) is 71.0 Å². The summed E-state index contributed by atoms with van der Waals surface area (Å²) in [6, 6.07) is 17.4. The monoisotopic (exact) mass is 351 g/mol. The van der Waals surface area contributed by atoms with E-state index >= 15 is 0 Å². The topological polar surface area (TPSA) is 54.0 Å². The normalized spacial score (nSPS) is 16.9. The summed E-state index contributed by atoms with van der Waals surface area (Å²) in [6.45, 7) is 2.09. The maximum absolute atomic E-state index is 12.5. The first kappa shape index (κ1) is 16.1. The first-order valence-corrected chi connectivity index (χ1v) is 8.76. The Kier molecular flexibility index (Phi) is 4.38. The molecule has 1 aliphatic heterocycles. The molecule has 0 bridgehead atoms. The zero-order valence-electron chi connectivity index (χ0n) is 13.6. The van der Waals surface area contributed by atoms with Crippen LogP contribution >= 0.6 is 11.6 Å². The van der Waals surface area contributed by atoms with Gasteiger partial charge >= 0.3 is 0 Å². The highest BCUT2D eigenvalue weighted by Crippen LogP contribution is 2.25. The van der Waals surface area contributed by atoms with Crippen molar-refractivity contribution in [3.8, 4) is 0 Å². The molecule has 126 valence electrons. The van der Waals surface area contributed by atoms with Gasteiger partial charge in [0, 0.05) is 17.6 Å². The van der Waals surface area contributed by atoms with Crippen LogP contribution in [0.15, 0.2) is 54.6 Å².